The van der Waals surface area contributed by atoms with Crippen LogP contribution in [-0.2, 0) is 0 Å². The highest BCUT2D eigenvalue weighted by molar-refractivity contribution is 9.10. The van der Waals surface area contributed by atoms with Crippen LogP contribution in [0.25, 0.3) is 0 Å². The number of halogens is 1. The standard InChI is InChI=1S/C11H13BrN2O2S/c1-16-7-2-3-9(12)8(6-7)11(15)14-5-4-10(13)17/h2-3,6H,4-5H2,1H3,(H2,13,17)(H,14,15). The number of methoxy groups -OCH3 is 1. The summed E-state index contributed by atoms with van der Waals surface area (Å²) >= 11 is 8.04. The molecular formula is C11H13BrN2O2S. The average Bonchev–Trinajstić information content (AvgIpc) is 2.29. The van der Waals surface area contributed by atoms with E-state index in [0.29, 0.717) is 33.7 Å². The van der Waals surface area contributed by atoms with Crippen LogP contribution in [0.3, 0.4) is 0 Å². The Kier molecular flexibility index (Phi) is 5.37. The second-order valence-electron chi connectivity index (χ2n) is 3.32. The minimum Gasteiger partial charge on any atom is -0.497 e. The normalized spacial score (nSPS) is 9.76. The lowest BCUT2D eigenvalue weighted by atomic mass is 10.2. The molecule has 1 aromatic carbocycles. The first kappa shape index (κ1) is 13.9. The van der Waals surface area contributed by atoms with Crippen molar-refractivity contribution in [3.8, 4) is 5.75 Å². The lowest BCUT2D eigenvalue weighted by molar-refractivity contribution is 0.0953. The molecule has 0 spiro atoms. The molecule has 0 atom stereocenters. The van der Waals surface area contributed by atoms with E-state index in [0.717, 1.165) is 0 Å². The Morgan fingerprint density at radius 2 is 2.29 bits per heavy atom. The number of rotatable bonds is 5. The van der Waals surface area contributed by atoms with E-state index in [1.165, 1.54) is 0 Å². The molecule has 6 heteroatoms. The molecule has 1 amide bonds. The van der Waals surface area contributed by atoms with E-state index in [4.69, 9.17) is 22.7 Å². The molecule has 0 aliphatic carbocycles. The highest BCUT2D eigenvalue weighted by Gasteiger charge is 2.10. The summed E-state index contributed by atoms with van der Waals surface area (Å²) in [6.07, 6.45) is 0.489. The Bertz CT molecular complexity index is 437. The first-order chi connectivity index (χ1) is 8.04. The third-order valence-corrected chi connectivity index (χ3v) is 2.97. The predicted molar refractivity (Wildman–Crippen MR) is 74.4 cm³/mol. The van der Waals surface area contributed by atoms with E-state index in [2.05, 4.69) is 21.2 Å². The van der Waals surface area contributed by atoms with Crippen LogP contribution in [0.4, 0.5) is 0 Å². The minimum atomic E-state index is -0.188. The SMILES string of the molecule is COc1ccc(Br)c(C(=O)NCCC(N)=S)c1. The molecule has 92 valence electrons. The first-order valence-electron chi connectivity index (χ1n) is 4.94. The van der Waals surface area contributed by atoms with Gasteiger partial charge in [0, 0.05) is 17.4 Å². The van der Waals surface area contributed by atoms with Crippen LogP contribution in [-0.4, -0.2) is 24.6 Å². The van der Waals surface area contributed by atoms with Gasteiger partial charge in [-0.1, -0.05) is 12.2 Å². The van der Waals surface area contributed by atoms with Crippen molar-refractivity contribution in [1.82, 2.24) is 5.32 Å². The van der Waals surface area contributed by atoms with Gasteiger partial charge in [-0.15, -0.1) is 0 Å². The molecule has 0 fully saturated rings. The quantitative estimate of drug-likeness (QED) is 0.814. The molecular weight excluding hydrogens is 304 g/mol. The van der Waals surface area contributed by atoms with Crippen LogP contribution in [0, 0.1) is 0 Å². The molecule has 1 rings (SSSR count). The molecule has 1 aromatic rings. The van der Waals surface area contributed by atoms with Gasteiger partial charge in [0.05, 0.1) is 17.7 Å². The van der Waals surface area contributed by atoms with Gasteiger partial charge in [0.2, 0.25) is 0 Å². The van der Waals surface area contributed by atoms with Crippen LogP contribution >= 0.6 is 28.1 Å². The zero-order chi connectivity index (χ0) is 12.8. The van der Waals surface area contributed by atoms with E-state index in [-0.39, 0.29) is 5.91 Å². The molecule has 3 N–H and O–H groups in total. The Morgan fingerprint density at radius 1 is 1.59 bits per heavy atom. The predicted octanol–water partition coefficient (Wildman–Crippen LogP) is 1.86. The summed E-state index contributed by atoms with van der Waals surface area (Å²) < 4.78 is 5.78. The number of nitrogens with two attached hydrogens (primary N) is 1. The van der Waals surface area contributed by atoms with Gasteiger partial charge in [-0.05, 0) is 34.1 Å². The average molecular weight is 317 g/mol. The smallest absolute Gasteiger partial charge is 0.252 e. The Hall–Kier alpha value is -1.14. The number of carbonyl (C=O) groups excluding carboxylic acids is 1. The first-order valence-corrected chi connectivity index (χ1v) is 6.14. The van der Waals surface area contributed by atoms with Gasteiger partial charge >= 0.3 is 0 Å². The van der Waals surface area contributed by atoms with Gasteiger partial charge in [0.1, 0.15) is 5.75 Å². The zero-order valence-electron chi connectivity index (χ0n) is 9.33. The van der Waals surface area contributed by atoms with Crippen molar-refractivity contribution in [2.75, 3.05) is 13.7 Å². The van der Waals surface area contributed by atoms with Gasteiger partial charge < -0.3 is 15.8 Å². The van der Waals surface area contributed by atoms with Crippen molar-refractivity contribution in [3.05, 3.63) is 28.2 Å². The summed E-state index contributed by atoms with van der Waals surface area (Å²) in [7, 11) is 1.55. The van der Waals surface area contributed by atoms with E-state index in [1.807, 2.05) is 0 Å². The van der Waals surface area contributed by atoms with Crippen molar-refractivity contribution >= 4 is 39.0 Å². The van der Waals surface area contributed by atoms with E-state index in [9.17, 15) is 4.79 Å². The largest absolute Gasteiger partial charge is 0.497 e. The number of amides is 1. The zero-order valence-corrected chi connectivity index (χ0v) is 11.7. The number of benzene rings is 1. The van der Waals surface area contributed by atoms with E-state index in [1.54, 1.807) is 25.3 Å². The number of hydrogen-bond donors (Lipinski definition) is 2. The topological polar surface area (TPSA) is 64.3 Å². The van der Waals surface area contributed by atoms with Crippen LogP contribution in [0.5, 0.6) is 5.75 Å². The maximum Gasteiger partial charge on any atom is 0.252 e. The van der Waals surface area contributed by atoms with E-state index < -0.39 is 0 Å². The Balaban J connectivity index is 2.70. The summed E-state index contributed by atoms with van der Waals surface area (Å²) in [5, 5.41) is 2.73. The molecule has 0 radical (unpaired) electrons. The molecule has 0 unspecified atom stereocenters. The fourth-order valence-corrected chi connectivity index (χ4v) is 1.73. The molecule has 0 aliphatic heterocycles. The number of nitrogens with one attached hydrogen (secondary N) is 1. The highest BCUT2D eigenvalue weighted by Crippen LogP contribution is 2.22. The van der Waals surface area contributed by atoms with Gasteiger partial charge in [0.15, 0.2) is 0 Å². The molecule has 0 bridgehead atoms. The molecule has 0 heterocycles. The third-order valence-electron chi connectivity index (χ3n) is 2.08. The Labute approximate surface area is 114 Å². The monoisotopic (exact) mass is 316 g/mol. The summed E-state index contributed by atoms with van der Waals surface area (Å²) in [5.41, 5.74) is 5.86. The fourth-order valence-electron chi connectivity index (χ4n) is 1.20. The maximum absolute atomic E-state index is 11.8. The molecule has 0 saturated carbocycles. The number of thiocarbonyl (C=S) groups is 1. The van der Waals surface area contributed by atoms with Crippen LogP contribution in [0.2, 0.25) is 0 Å². The lowest BCUT2D eigenvalue weighted by Gasteiger charge is -2.08. The second-order valence-corrected chi connectivity index (χ2v) is 4.70. The van der Waals surface area contributed by atoms with Crippen LogP contribution in [0.1, 0.15) is 16.8 Å². The lowest BCUT2D eigenvalue weighted by Crippen LogP contribution is -2.27. The minimum absolute atomic E-state index is 0.188. The van der Waals surface area contributed by atoms with Crippen molar-refractivity contribution in [1.29, 1.82) is 0 Å². The fraction of sp³-hybridized carbons (Fsp3) is 0.273. The van der Waals surface area contributed by atoms with Gasteiger partial charge in [-0.3, -0.25) is 4.79 Å². The maximum atomic E-state index is 11.8. The van der Waals surface area contributed by atoms with Crippen molar-refractivity contribution in [3.63, 3.8) is 0 Å². The summed E-state index contributed by atoms with van der Waals surface area (Å²) in [6.45, 7) is 0.428. The molecule has 4 nitrogen and oxygen atoms in total. The molecule has 0 aromatic heterocycles. The van der Waals surface area contributed by atoms with Crippen LogP contribution < -0.4 is 15.8 Å². The molecule has 17 heavy (non-hydrogen) atoms. The van der Waals surface area contributed by atoms with Crippen LogP contribution in [0.15, 0.2) is 22.7 Å². The number of hydrogen-bond acceptors (Lipinski definition) is 3. The van der Waals surface area contributed by atoms with Crippen molar-refractivity contribution in [2.24, 2.45) is 5.73 Å². The molecule has 0 saturated heterocycles. The van der Waals surface area contributed by atoms with E-state index >= 15 is 0 Å². The molecule has 0 aliphatic rings. The highest BCUT2D eigenvalue weighted by atomic mass is 79.9. The van der Waals surface area contributed by atoms with Crippen molar-refractivity contribution in [2.45, 2.75) is 6.42 Å². The van der Waals surface area contributed by atoms with Gasteiger partial charge in [-0.25, -0.2) is 0 Å². The number of ether oxygens (including phenoxy) is 1. The van der Waals surface area contributed by atoms with Gasteiger partial charge in [0.25, 0.3) is 5.91 Å². The van der Waals surface area contributed by atoms with Crippen molar-refractivity contribution < 1.29 is 9.53 Å². The van der Waals surface area contributed by atoms with Gasteiger partial charge in [-0.2, -0.15) is 0 Å². The summed E-state index contributed by atoms with van der Waals surface area (Å²) in [4.78, 5) is 12.2. The third kappa shape index (κ3) is 4.32. The number of carbonyl (C=O) groups is 1. The summed E-state index contributed by atoms with van der Waals surface area (Å²) in [5.74, 6) is 0.444. The summed E-state index contributed by atoms with van der Waals surface area (Å²) in [6, 6.07) is 5.21. The Morgan fingerprint density at radius 3 is 2.88 bits per heavy atom. The second kappa shape index (κ2) is 6.56.